The summed E-state index contributed by atoms with van der Waals surface area (Å²) in [6.45, 7) is 1.98. The van der Waals surface area contributed by atoms with E-state index in [4.69, 9.17) is 29.0 Å². The normalized spacial score (nSPS) is 19.6. The van der Waals surface area contributed by atoms with Crippen molar-refractivity contribution in [1.29, 1.82) is 0 Å². The van der Waals surface area contributed by atoms with E-state index in [1.54, 1.807) is 0 Å². The number of ether oxygens (including phenoxy) is 3. The maximum absolute atomic E-state index is 12.9. The number of anilines is 1. The standard InChI is InChI=1S/C52H85N3O15P2/c1-3-5-7-9-11-13-15-17-19-20-21-22-24-26-28-30-32-34-36-38-48(57)68-44(41-65-47(56)37-35-33-31-29-27-25-23-18-16-14-12-10-8-6-4-2)42-66-71(61,62)70-72(63,64)67-43-45-49(58)50(59)51(69-45)55-40-39-46(53)54-52(55)60/h5,7,11,13,17,19,21-22,26,28,32,34,39-40,44-45,49-51,58-59H,3-4,6,8-10,12,14-16,18,20,23-25,27,29-31,33,35-38,41-43H2,1-2H3,(H,61,62)(H,63,64)(H2,53,54,60)/b7-5-,13-11-,19-17-,22-21-,28-26-,34-32-/t44-,45-,49+,50?,51-/m1/s1. The Balaban J connectivity index is 1.83. The van der Waals surface area contributed by atoms with E-state index in [2.05, 4.69) is 71.8 Å². The number of hydrogen-bond acceptors (Lipinski definition) is 15. The van der Waals surface area contributed by atoms with Crippen molar-refractivity contribution in [1.82, 2.24) is 9.55 Å². The van der Waals surface area contributed by atoms with Crippen LogP contribution in [0.5, 0.6) is 0 Å². The number of aromatic nitrogens is 2. The summed E-state index contributed by atoms with van der Waals surface area (Å²) in [6.07, 6.45) is 41.4. The van der Waals surface area contributed by atoms with Crippen LogP contribution < -0.4 is 11.4 Å². The average Bonchev–Trinajstić information content (AvgIpc) is 3.62. The molecule has 0 amide bonds. The van der Waals surface area contributed by atoms with Crippen LogP contribution in [0.2, 0.25) is 0 Å². The van der Waals surface area contributed by atoms with Crippen molar-refractivity contribution in [2.24, 2.45) is 0 Å². The van der Waals surface area contributed by atoms with Crippen molar-refractivity contribution in [3.8, 4) is 0 Å². The van der Waals surface area contributed by atoms with E-state index in [0.717, 1.165) is 68.6 Å². The highest BCUT2D eigenvalue weighted by molar-refractivity contribution is 7.61. The number of nitrogens with zero attached hydrogens (tertiary/aromatic N) is 2. The monoisotopic (exact) mass is 1050 g/mol. The third-order valence-electron chi connectivity index (χ3n) is 11.3. The van der Waals surface area contributed by atoms with Crippen molar-refractivity contribution >= 4 is 33.4 Å². The Morgan fingerprint density at radius 2 is 1.17 bits per heavy atom. The number of rotatable bonds is 42. The minimum atomic E-state index is -5.44. The van der Waals surface area contributed by atoms with E-state index in [0.29, 0.717) is 19.3 Å². The van der Waals surface area contributed by atoms with E-state index in [9.17, 15) is 43.5 Å². The Hall–Kier alpha value is -3.80. The van der Waals surface area contributed by atoms with Crippen molar-refractivity contribution in [2.75, 3.05) is 25.6 Å². The molecule has 0 radical (unpaired) electrons. The second-order valence-electron chi connectivity index (χ2n) is 17.6. The summed E-state index contributed by atoms with van der Waals surface area (Å²) in [7, 11) is -10.9. The molecule has 7 atom stereocenters. The molecular formula is C52H85N3O15P2. The number of phosphoric acid groups is 2. The molecule has 0 spiro atoms. The lowest BCUT2D eigenvalue weighted by Crippen LogP contribution is -2.36. The van der Waals surface area contributed by atoms with E-state index in [-0.39, 0.29) is 18.7 Å². The number of carbonyl (C=O) groups is 2. The van der Waals surface area contributed by atoms with Crippen molar-refractivity contribution in [2.45, 2.75) is 199 Å². The molecule has 2 rings (SSSR count). The van der Waals surface area contributed by atoms with Gasteiger partial charge in [0.1, 0.15) is 30.7 Å². The number of aliphatic hydroxyl groups excluding tert-OH is 2. The van der Waals surface area contributed by atoms with Crippen molar-refractivity contribution in [3.63, 3.8) is 0 Å². The Morgan fingerprint density at radius 1 is 0.681 bits per heavy atom. The molecule has 1 saturated heterocycles. The van der Waals surface area contributed by atoms with Crippen LogP contribution in [-0.2, 0) is 46.3 Å². The van der Waals surface area contributed by atoms with Gasteiger partial charge in [-0.05, 0) is 57.4 Å². The number of unbranched alkanes of at least 4 members (excludes halogenated alkanes) is 14. The molecule has 20 heteroatoms. The minimum absolute atomic E-state index is 0.0766. The fourth-order valence-electron chi connectivity index (χ4n) is 7.34. The first-order chi connectivity index (χ1) is 34.7. The number of aliphatic hydroxyl groups is 2. The van der Waals surface area contributed by atoms with Crippen molar-refractivity contribution in [3.05, 3.63) is 95.7 Å². The Morgan fingerprint density at radius 3 is 1.68 bits per heavy atom. The van der Waals surface area contributed by atoms with Gasteiger partial charge in [-0.3, -0.25) is 23.2 Å². The van der Waals surface area contributed by atoms with Crippen LogP contribution in [-0.4, -0.2) is 85.7 Å². The molecule has 18 nitrogen and oxygen atoms in total. The lowest BCUT2D eigenvalue weighted by molar-refractivity contribution is -0.161. The minimum Gasteiger partial charge on any atom is -0.462 e. The van der Waals surface area contributed by atoms with Gasteiger partial charge >= 0.3 is 33.3 Å². The topological polar surface area (TPSA) is 265 Å². The highest BCUT2D eigenvalue weighted by Gasteiger charge is 2.46. The smallest absolute Gasteiger partial charge is 0.462 e. The molecule has 3 unspecified atom stereocenters. The Kier molecular flexibility index (Phi) is 35.4. The lowest BCUT2D eigenvalue weighted by atomic mass is 10.0. The molecule has 1 fully saturated rings. The molecule has 1 aromatic heterocycles. The molecule has 1 aliphatic heterocycles. The molecule has 0 bridgehead atoms. The van der Waals surface area contributed by atoms with Crippen LogP contribution in [0.3, 0.4) is 0 Å². The zero-order valence-electron chi connectivity index (χ0n) is 42.7. The molecule has 72 heavy (non-hydrogen) atoms. The molecule has 0 saturated carbocycles. The fraction of sp³-hybridized carbons (Fsp3) is 0.654. The zero-order valence-corrected chi connectivity index (χ0v) is 44.5. The van der Waals surface area contributed by atoms with Crippen LogP contribution >= 0.6 is 15.6 Å². The van der Waals surface area contributed by atoms with Gasteiger partial charge in [-0.15, -0.1) is 0 Å². The summed E-state index contributed by atoms with van der Waals surface area (Å²) in [5, 5.41) is 20.9. The van der Waals surface area contributed by atoms with Crippen LogP contribution in [0.4, 0.5) is 5.82 Å². The molecular weight excluding hydrogens is 969 g/mol. The van der Waals surface area contributed by atoms with Gasteiger partial charge in [0.15, 0.2) is 12.3 Å². The maximum atomic E-state index is 12.9. The van der Waals surface area contributed by atoms with Gasteiger partial charge in [0, 0.05) is 19.0 Å². The average molecular weight is 1050 g/mol. The predicted octanol–water partition coefficient (Wildman–Crippen LogP) is 10.9. The fourth-order valence-corrected chi connectivity index (χ4v) is 9.45. The summed E-state index contributed by atoms with van der Waals surface area (Å²) in [5.74, 6) is -1.40. The third-order valence-corrected chi connectivity index (χ3v) is 13.9. The molecule has 0 aromatic carbocycles. The van der Waals surface area contributed by atoms with Gasteiger partial charge in [-0.2, -0.15) is 9.29 Å². The zero-order chi connectivity index (χ0) is 52.7. The number of nitrogen functional groups attached to an aromatic ring is 1. The summed E-state index contributed by atoms with van der Waals surface area (Å²) >= 11 is 0. The summed E-state index contributed by atoms with van der Waals surface area (Å²) < 4.78 is 56.7. The lowest BCUT2D eigenvalue weighted by Gasteiger charge is -2.21. The third kappa shape index (κ3) is 31.7. The maximum Gasteiger partial charge on any atom is 0.481 e. The van der Waals surface area contributed by atoms with Gasteiger partial charge < -0.3 is 39.9 Å². The van der Waals surface area contributed by atoms with Crippen LogP contribution in [0.1, 0.15) is 174 Å². The van der Waals surface area contributed by atoms with Gasteiger partial charge in [0.25, 0.3) is 0 Å². The Bertz CT molecular complexity index is 1990. The van der Waals surface area contributed by atoms with E-state index < -0.39 is 83.7 Å². The summed E-state index contributed by atoms with van der Waals surface area (Å²) in [6, 6.07) is 1.24. The number of carbonyl (C=O) groups excluding carboxylic acids is 2. The largest absolute Gasteiger partial charge is 0.481 e. The van der Waals surface area contributed by atoms with Crippen LogP contribution in [0, 0.1) is 0 Å². The highest BCUT2D eigenvalue weighted by atomic mass is 31.3. The highest BCUT2D eigenvalue weighted by Crippen LogP contribution is 2.60. The van der Waals surface area contributed by atoms with E-state index in [1.165, 1.54) is 70.3 Å². The summed E-state index contributed by atoms with van der Waals surface area (Å²) in [4.78, 5) is 61.9. The quantitative estimate of drug-likeness (QED) is 0.0176. The molecule has 1 aliphatic rings. The second kappa shape index (κ2) is 39.6. The van der Waals surface area contributed by atoms with Crippen LogP contribution in [0.15, 0.2) is 90.0 Å². The van der Waals surface area contributed by atoms with Gasteiger partial charge in [-0.25, -0.2) is 13.9 Å². The van der Waals surface area contributed by atoms with E-state index in [1.807, 2.05) is 24.3 Å². The number of hydrogen-bond donors (Lipinski definition) is 5. The Labute approximate surface area is 427 Å². The number of nitrogens with two attached hydrogens (primary N) is 1. The predicted molar refractivity (Wildman–Crippen MR) is 279 cm³/mol. The number of esters is 2. The van der Waals surface area contributed by atoms with Gasteiger partial charge in [0.05, 0.1) is 13.2 Å². The first kappa shape index (κ1) is 64.3. The van der Waals surface area contributed by atoms with Crippen molar-refractivity contribution < 1.29 is 66.3 Å². The van der Waals surface area contributed by atoms with E-state index >= 15 is 0 Å². The second-order valence-corrected chi connectivity index (χ2v) is 20.7. The van der Waals surface area contributed by atoms with Gasteiger partial charge in [-0.1, -0.05) is 177 Å². The number of allylic oxidation sites excluding steroid dienone is 12. The van der Waals surface area contributed by atoms with Crippen LogP contribution in [0.25, 0.3) is 0 Å². The SMILES string of the molecule is CC/C=C\C/C=C\C/C=C\C/C=C\C/C=C\C/C=C\CCC(=O)O[C@H](COC(=O)CCCCCCCCCCCCCCCCC)COP(=O)(O)OP(=O)(O)OC[C@H]1O[C@@H](n2ccc(N)nc2=O)C(O)[C@H]1O. The molecule has 0 aliphatic carbocycles. The number of phosphoric ester groups is 2. The molecule has 2 heterocycles. The molecule has 6 N–H and O–H groups in total. The first-order valence-electron chi connectivity index (χ1n) is 25.9. The van der Waals surface area contributed by atoms with Gasteiger partial charge in [0.2, 0.25) is 0 Å². The molecule has 1 aromatic rings. The first-order valence-corrected chi connectivity index (χ1v) is 28.9. The molecule has 408 valence electrons. The summed E-state index contributed by atoms with van der Waals surface area (Å²) in [5.41, 5.74) is 4.58.